The quantitative estimate of drug-likeness (QED) is 0.881. The van der Waals surface area contributed by atoms with Crippen LogP contribution in [0.5, 0.6) is 0 Å². The van der Waals surface area contributed by atoms with E-state index in [1.165, 1.54) is 18.2 Å². The number of rotatable bonds is 3. The van der Waals surface area contributed by atoms with Gasteiger partial charge in [0, 0.05) is 16.5 Å². The van der Waals surface area contributed by atoms with Gasteiger partial charge in [0.05, 0.1) is 11.3 Å². The minimum absolute atomic E-state index is 0.188. The van der Waals surface area contributed by atoms with Gasteiger partial charge >= 0.3 is 6.18 Å². The fourth-order valence-electron chi connectivity index (χ4n) is 1.70. The number of thioether (sulfide) groups is 1. The van der Waals surface area contributed by atoms with E-state index in [-0.39, 0.29) is 4.90 Å². The molecule has 0 atom stereocenters. The average Bonchev–Trinajstić information content (AvgIpc) is 2.39. The predicted molar refractivity (Wildman–Crippen MR) is 71.7 cm³/mol. The highest BCUT2D eigenvalue weighted by atomic mass is 32.2. The summed E-state index contributed by atoms with van der Waals surface area (Å²) in [5.41, 5.74) is -0.477. The molecule has 0 aliphatic carbocycles. The van der Waals surface area contributed by atoms with Gasteiger partial charge in [-0.1, -0.05) is 13.0 Å². The molecule has 0 spiro atoms. The number of hydrogen-bond acceptors (Lipinski definition) is 3. The molecule has 0 fully saturated rings. The van der Waals surface area contributed by atoms with Gasteiger partial charge in [-0.2, -0.15) is 18.3 Å². The summed E-state index contributed by atoms with van der Waals surface area (Å²) in [6.07, 6.45) is -4.42. The van der Waals surface area contributed by atoms with Gasteiger partial charge in [-0.3, -0.25) is 4.79 Å². The lowest BCUT2D eigenvalue weighted by atomic mass is 10.1. The highest BCUT2D eigenvalue weighted by molar-refractivity contribution is 7.99. The summed E-state index contributed by atoms with van der Waals surface area (Å²) in [6, 6.07) is 6.66. The van der Waals surface area contributed by atoms with Crippen LogP contribution in [0.15, 0.2) is 40.0 Å². The maximum absolute atomic E-state index is 13.0. The highest BCUT2D eigenvalue weighted by Crippen LogP contribution is 2.38. The molecule has 20 heavy (non-hydrogen) atoms. The summed E-state index contributed by atoms with van der Waals surface area (Å²) < 4.78 is 39.1. The van der Waals surface area contributed by atoms with E-state index >= 15 is 0 Å². The first-order valence-corrected chi connectivity index (χ1v) is 6.80. The van der Waals surface area contributed by atoms with E-state index in [1.54, 1.807) is 13.0 Å². The smallest absolute Gasteiger partial charge is 0.268 e. The molecule has 0 unspecified atom stereocenters. The van der Waals surface area contributed by atoms with Crippen molar-refractivity contribution in [1.29, 1.82) is 0 Å². The fourth-order valence-corrected chi connectivity index (χ4v) is 2.50. The maximum atomic E-state index is 13.0. The summed E-state index contributed by atoms with van der Waals surface area (Å²) in [5, 5.41) is 5.94. The van der Waals surface area contributed by atoms with Crippen molar-refractivity contribution in [3.63, 3.8) is 0 Å². The van der Waals surface area contributed by atoms with Crippen molar-refractivity contribution >= 4 is 11.8 Å². The number of aromatic nitrogens is 2. The summed E-state index contributed by atoms with van der Waals surface area (Å²) in [7, 11) is 0. The summed E-state index contributed by atoms with van der Waals surface area (Å²) in [6.45, 7) is 1.79. The van der Waals surface area contributed by atoms with E-state index in [4.69, 9.17) is 0 Å². The van der Waals surface area contributed by atoms with Crippen LogP contribution in [0.4, 0.5) is 13.2 Å². The van der Waals surface area contributed by atoms with E-state index in [2.05, 4.69) is 10.2 Å². The molecule has 1 heterocycles. The first-order chi connectivity index (χ1) is 9.41. The van der Waals surface area contributed by atoms with Gasteiger partial charge in [0.15, 0.2) is 0 Å². The molecule has 0 bridgehead atoms. The Hall–Kier alpha value is -1.76. The Morgan fingerprint density at radius 1 is 1.25 bits per heavy atom. The Morgan fingerprint density at radius 3 is 2.55 bits per heavy atom. The average molecular weight is 300 g/mol. The number of benzene rings is 1. The third-order valence-electron chi connectivity index (χ3n) is 2.56. The third-order valence-corrected chi connectivity index (χ3v) is 3.52. The number of nitrogens with zero attached hydrogens (tertiary/aromatic N) is 1. The van der Waals surface area contributed by atoms with E-state index in [1.807, 2.05) is 0 Å². The zero-order valence-corrected chi connectivity index (χ0v) is 11.3. The number of H-pyrrole nitrogens is 1. The zero-order valence-electron chi connectivity index (χ0n) is 10.5. The first-order valence-electron chi connectivity index (χ1n) is 5.82. The first kappa shape index (κ1) is 14.6. The molecule has 0 saturated carbocycles. The van der Waals surface area contributed by atoms with Crippen LogP contribution in [-0.2, 0) is 6.18 Å². The Morgan fingerprint density at radius 2 is 2.00 bits per heavy atom. The molecule has 0 radical (unpaired) electrons. The third kappa shape index (κ3) is 3.22. The molecular formula is C13H11F3N2OS. The van der Waals surface area contributed by atoms with Crippen LogP contribution in [0.2, 0.25) is 0 Å². The lowest BCUT2D eigenvalue weighted by Crippen LogP contribution is -2.08. The summed E-state index contributed by atoms with van der Waals surface area (Å²) >= 11 is 1.14. The molecule has 1 aromatic heterocycles. The van der Waals surface area contributed by atoms with Crippen molar-refractivity contribution in [2.24, 2.45) is 0 Å². The highest BCUT2D eigenvalue weighted by Gasteiger charge is 2.33. The molecule has 0 saturated heterocycles. The number of nitrogens with one attached hydrogen (secondary N) is 1. The molecule has 1 aromatic carbocycles. The van der Waals surface area contributed by atoms with Gasteiger partial charge in [0.2, 0.25) is 0 Å². The summed E-state index contributed by atoms with van der Waals surface area (Å²) in [5.74, 6) is 0.555. The number of alkyl halides is 3. The second-order valence-corrected chi connectivity index (χ2v) is 5.25. The van der Waals surface area contributed by atoms with Crippen LogP contribution in [0.1, 0.15) is 12.5 Å². The Bertz CT molecular complexity index is 647. The second kappa shape index (κ2) is 5.70. The van der Waals surface area contributed by atoms with E-state index < -0.39 is 17.3 Å². The molecule has 0 aliphatic heterocycles. The van der Waals surface area contributed by atoms with Gasteiger partial charge in [0.25, 0.3) is 5.56 Å². The van der Waals surface area contributed by atoms with Crippen LogP contribution >= 0.6 is 11.8 Å². The molecular weight excluding hydrogens is 289 g/mol. The molecule has 0 amide bonds. The number of hydrogen-bond donors (Lipinski definition) is 1. The Kier molecular flexibility index (Phi) is 4.17. The van der Waals surface area contributed by atoms with Gasteiger partial charge in [0.1, 0.15) is 0 Å². The van der Waals surface area contributed by atoms with E-state index in [0.717, 1.165) is 17.8 Å². The molecule has 7 heteroatoms. The fraction of sp³-hybridized carbons (Fsp3) is 0.231. The topological polar surface area (TPSA) is 45.8 Å². The van der Waals surface area contributed by atoms with E-state index in [9.17, 15) is 18.0 Å². The largest absolute Gasteiger partial charge is 0.417 e. The lowest BCUT2D eigenvalue weighted by molar-refractivity contribution is -0.139. The van der Waals surface area contributed by atoms with Crippen molar-refractivity contribution < 1.29 is 13.2 Å². The predicted octanol–water partition coefficient (Wildman–Crippen LogP) is 3.57. The Balaban J connectivity index is 2.51. The number of aromatic amines is 1. The van der Waals surface area contributed by atoms with Crippen molar-refractivity contribution in [3.8, 4) is 11.3 Å². The normalized spacial score (nSPS) is 11.6. The molecule has 2 rings (SSSR count). The molecule has 3 nitrogen and oxygen atoms in total. The van der Waals surface area contributed by atoms with Crippen LogP contribution in [0.25, 0.3) is 11.3 Å². The van der Waals surface area contributed by atoms with Crippen LogP contribution < -0.4 is 5.56 Å². The lowest BCUT2D eigenvalue weighted by Gasteiger charge is -2.13. The minimum atomic E-state index is -4.42. The van der Waals surface area contributed by atoms with Crippen LogP contribution in [-0.4, -0.2) is 16.0 Å². The van der Waals surface area contributed by atoms with Gasteiger partial charge in [-0.15, -0.1) is 11.8 Å². The van der Waals surface area contributed by atoms with Gasteiger partial charge in [-0.05, 0) is 24.0 Å². The second-order valence-electron chi connectivity index (χ2n) is 3.95. The molecule has 106 valence electrons. The minimum Gasteiger partial charge on any atom is -0.268 e. The van der Waals surface area contributed by atoms with Crippen molar-refractivity contribution in [1.82, 2.24) is 10.2 Å². The van der Waals surface area contributed by atoms with Crippen molar-refractivity contribution in [2.45, 2.75) is 18.0 Å². The van der Waals surface area contributed by atoms with Crippen molar-refractivity contribution in [2.75, 3.05) is 5.75 Å². The monoisotopic (exact) mass is 300 g/mol. The number of halogens is 3. The molecule has 1 N–H and O–H groups in total. The Labute approximate surface area is 117 Å². The SMILES string of the molecule is CCSc1ccc(-c2ccc(=O)[nH]n2)cc1C(F)(F)F. The molecule has 0 aliphatic rings. The van der Waals surface area contributed by atoms with Crippen LogP contribution in [0.3, 0.4) is 0 Å². The summed E-state index contributed by atoms with van der Waals surface area (Å²) in [4.78, 5) is 11.1. The maximum Gasteiger partial charge on any atom is 0.417 e. The standard InChI is InChI=1S/C13H11F3N2OS/c1-2-20-11-5-3-8(7-9(11)13(14,15)16)10-4-6-12(19)18-17-10/h3-7H,2H2,1H3,(H,18,19). The van der Waals surface area contributed by atoms with E-state index in [0.29, 0.717) is 17.0 Å². The molecule has 2 aromatic rings. The zero-order chi connectivity index (χ0) is 14.8. The van der Waals surface area contributed by atoms with Crippen molar-refractivity contribution in [3.05, 3.63) is 46.2 Å². The van der Waals surface area contributed by atoms with Crippen LogP contribution in [0, 0.1) is 0 Å². The van der Waals surface area contributed by atoms with Gasteiger partial charge < -0.3 is 0 Å². The van der Waals surface area contributed by atoms with Gasteiger partial charge in [-0.25, -0.2) is 5.10 Å².